The number of hydrogen-bond acceptors (Lipinski definition) is 4. The SMILES string of the molecule is CCOc1cc(Br)c(/C=C(/C#N)C(N)=O)cc1OC. The number of halogens is 1. The second-order valence-corrected chi connectivity index (χ2v) is 4.35. The molecule has 0 aliphatic heterocycles. The third-order valence-electron chi connectivity index (χ3n) is 2.27. The molecule has 0 aliphatic carbocycles. The number of nitriles is 1. The van der Waals surface area contributed by atoms with Crippen molar-refractivity contribution in [3.8, 4) is 17.6 Å². The minimum absolute atomic E-state index is 0.132. The van der Waals surface area contributed by atoms with E-state index in [-0.39, 0.29) is 5.57 Å². The molecule has 19 heavy (non-hydrogen) atoms. The van der Waals surface area contributed by atoms with Crippen LogP contribution in [0.2, 0.25) is 0 Å². The summed E-state index contributed by atoms with van der Waals surface area (Å²) < 4.78 is 11.3. The van der Waals surface area contributed by atoms with Crippen LogP contribution in [-0.4, -0.2) is 19.6 Å². The molecule has 0 aromatic heterocycles. The van der Waals surface area contributed by atoms with Crippen LogP contribution in [0.1, 0.15) is 12.5 Å². The molecule has 0 aliphatic rings. The Balaban J connectivity index is 3.31. The Morgan fingerprint density at radius 3 is 2.68 bits per heavy atom. The highest BCUT2D eigenvalue weighted by molar-refractivity contribution is 9.10. The van der Waals surface area contributed by atoms with Crippen LogP contribution in [0.15, 0.2) is 22.2 Å². The molecule has 0 unspecified atom stereocenters. The lowest BCUT2D eigenvalue weighted by atomic mass is 10.1. The van der Waals surface area contributed by atoms with Crippen LogP contribution in [-0.2, 0) is 4.79 Å². The molecule has 1 rings (SSSR count). The molecular weight excluding hydrogens is 312 g/mol. The molecule has 1 aromatic rings. The van der Waals surface area contributed by atoms with Crippen molar-refractivity contribution in [1.29, 1.82) is 5.26 Å². The van der Waals surface area contributed by atoms with Crippen molar-refractivity contribution in [2.45, 2.75) is 6.92 Å². The van der Waals surface area contributed by atoms with Crippen molar-refractivity contribution in [1.82, 2.24) is 0 Å². The maximum atomic E-state index is 11.0. The Hall–Kier alpha value is -2.00. The van der Waals surface area contributed by atoms with Crippen molar-refractivity contribution in [2.24, 2.45) is 5.73 Å². The molecule has 5 nitrogen and oxygen atoms in total. The smallest absolute Gasteiger partial charge is 0.259 e. The summed E-state index contributed by atoms with van der Waals surface area (Å²) in [6.07, 6.45) is 1.39. The van der Waals surface area contributed by atoms with Gasteiger partial charge < -0.3 is 15.2 Å². The van der Waals surface area contributed by atoms with Crippen LogP contribution in [0.3, 0.4) is 0 Å². The monoisotopic (exact) mass is 324 g/mol. The second kappa shape index (κ2) is 6.81. The van der Waals surface area contributed by atoms with Crippen molar-refractivity contribution in [2.75, 3.05) is 13.7 Å². The third-order valence-corrected chi connectivity index (χ3v) is 2.96. The van der Waals surface area contributed by atoms with Crippen LogP contribution < -0.4 is 15.2 Å². The molecule has 0 fully saturated rings. The summed E-state index contributed by atoms with van der Waals surface area (Å²) in [5.41, 5.74) is 5.57. The molecule has 0 bridgehead atoms. The normalized spacial score (nSPS) is 10.7. The highest BCUT2D eigenvalue weighted by atomic mass is 79.9. The first-order valence-corrected chi connectivity index (χ1v) is 6.24. The summed E-state index contributed by atoms with van der Waals surface area (Å²) in [5, 5.41) is 8.82. The molecule has 6 heteroatoms. The van der Waals surface area contributed by atoms with Gasteiger partial charge in [0.1, 0.15) is 11.6 Å². The number of ether oxygens (including phenoxy) is 2. The van der Waals surface area contributed by atoms with E-state index in [4.69, 9.17) is 20.5 Å². The standard InChI is InChI=1S/C13H13BrN2O3/c1-3-19-12-6-10(14)8(5-11(12)18-2)4-9(7-15)13(16)17/h4-6H,3H2,1-2H3,(H2,16,17)/b9-4-. The lowest BCUT2D eigenvalue weighted by Crippen LogP contribution is -2.12. The first-order chi connectivity index (χ1) is 9.03. The Labute approximate surface area is 119 Å². The third kappa shape index (κ3) is 3.73. The summed E-state index contributed by atoms with van der Waals surface area (Å²) in [7, 11) is 1.51. The van der Waals surface area contributed by atoms with E-state index in [0.717, 1.165) is 0 Å². The van der Waals surface area contributed by atoms with Gasteiger partial charge in [-0.1, -0.05) is 15.9 Å². The first kappa shape index (κ1) is 15.1. The number of carbonyl (C=O) groups excluding carboxylic acids is 1. The first-order valence-electron chi connectivity index (χ1n) is 5.45. The zero-order valence-corrected chi connectivity index (χ0v) is 12.2. The number of hydrogen-bond donors (Lipinski definition) is 1. The van der Waals surface area contributed by atoms with E-state index in [9.17, 15) is 4.79 Å². The maximum absolute atomic E-state index is 11.0. The van der Waals surface area contributed by atoms with Crippen molar-refractivity contribution >= 4 is 27.9 Å². The fourth-order valence-electron chi connectivity index (χ4n) is 1.40. The fraction of sp³-hybridized carbons (Fsp3) is 0.231. The van der Waals surface area contributed by atoms with Crippen molar-refractivity contribution in [3.05, 3.63) is 27.7 Å². The molecule has 1 amide bonds. The molecule has 0 radical (unpaired) electrons. The predicted octanol–water partition coefficient (Wildman–Crippen LogP) is 2.25. The van der Waals surface area contributed by atoms with Gasteiger partial charge in [0.2, 0.25) is 0 Å². The molecule has 0 heterocycles. The topological polar surface area (TPSA) is 85.3 Å². The second-order valence-electron chi connectivity index (χ2n) is 3.49. The number of rotatable bonds is 5. The Morgan fingerprint density at radius 2 is 2.21 bits per heavy atom. The molecular formula is C13H13BrN2O3. The number of nitrogens with two attached hydrogens (primary N) is 1. The molecule has 1 aromatic carbocycles. The van der Waals surface area contributed by atoms with Gasteiger partial charge in [0.15, 0.2) is 11.5 Å². The highest BCUT2D eigenvalue weighted by Crippen LogP contribution is 2.34. The van der Waals surface area contributed by atoms with Crippen LogP contribution in [0, 0.1) is 11.3 Å². The maximum Gasteiger partial charge on any atom is 0.259 e. The summed E-state index contributed by atoms with van der Waals surface area (Å²) in [4.78, 5) is 11.0. The van der Waals surface area contributed by atoms with E-state index in [0.29, 0.717) is 28.1 Å². The zero-order valence-electron chi connectivity index (χ0n) is 10.6. The molecule has 2 N–H and O–H groups in total. The predicted molar refractivity (Wildman–Crippen MR) is 74.6 cm³/mol. The van der Waals surface area contributed by atoms with E-state index in [1.54, 1.807) is 18.2 Å². The van der Waals surface area contributed by atoms with Gasteiger partial charge in [-0.15, -0.1) is 0 Å². The van der Waals surface area contributed by atoms with E-state index < -0.39 is 5.91 Å². The van der Waals surface area contributed by atoms with Crippen LogP contribution in [0.4, 0.5) is 0 Å². The minimum Gasteiger partial charge on any atom is -0.493 e. The lowest BCUT2D eigenvalue weighted by Gasteiger charge is -2.11. The van der Waals surface area contributed by atoms with Crippen molar-refractivity contribution < 1.29 is 14.3 Å². The van der Waals surface area contributed by atoms with Crippen LogP contribution >= 0.6 is 15.9 Å². The lowest BCUT2D eigenvalue weighted by molar-refractivity contribution is -0.114. The largest absolute Gasteiger partial charge is 0.493 e. The van der Waals surface area contributed by atoms with E-state index in [1.807, 2.05) is 6.92 Å². The van der Waals surface area contributed by atoms with Crippen LogP contribution in [0.5, 0.6) is 11.5 Å². The van der Waals surface area contributed by atoms with E-state index in [2.05, 4.69) is 15.9 Å². The summed E-state index contributed by atoms with van der Waals surface area (Å²) in [6, 6.07) is 5.12. The van der Waals surface area contributed by atoms with Gasteiger partial charge in [-0.3, -0.25) is 4.79 Å². The average Bonchev–Trinajstić information content (AvgIpc) is 2.37. The minimum atomic E-state index is -0.776. The van der Waals surface area contributed by atoms with Gasteiger partial charge in [-0.05, 0) is 30.7 Å². The van der Waals surface area contributed by atoms with Gasteiger partial charge in [-0.25, -0.2) is 0 Å². The summed E-state index contributed by atoms with van der Waals surface area (Å²) in [5.74, 6) is 0.312. The van der Waals surface area contributed by atoms with Gasteiger partial charge in [0, 0.05) is 4.47 Å². The van der Waals surface area contributed by atoms with E-state index >= 15 is 0 Å². The fourth-order valence-corrected chi connectivity index (χ4v) is 1.84. The highest BCUT2D eigenvalue weighted by Gasteiger charge is 2.11. The van der Waals surface area contributed by atoms with Crippen molar-refractivity contribution in [3.63, 3.8) is 0 Å². The van der Waals surface area contributed by atoms with Gasteiger partial charge in [-0.2, -0.15) is 5.26 Å². The Kier molecular flexibility index (Phi) is 5.39. The molecule has 0 atom stereocenters. The molecule has 0 saturated heterocycles. The van der Waals surface area contributed by atoms with Crippen LogP contribution in [0.25, 0.3) is 6.08 Å². The number of carbonyl (C=O) groups is 1. The number of nitrogens with zero attached hydrogens (tertiary/aromatic N) is 1. The average molecular weight is 325 g/mol. The number of benzene rings is 1. The van der Waals surface area contributed by atoms with Gasteiger partial charge >= 0.3 is 0 Å². The molecule has 0 spiro atoms. The molecule has 0 saturated carbocycles. The molecule has 100 valence electrons. The van der Waals surface area contributed by atoms with Gasteiger partial charge in [0.05, 0.1) is 13.7 Å². The zero-order chi connectivity index (χ0) is 14.4. The Bertz CT molecular complexity index is 562. The number of amides is 1. The number of primary amides is 1. The van der Waals surface area contributed by atoms with Gasteiger partial charge in [0.25, 0.3) is 5.91 Å². The van der Waals surface area contributed by atoms with E-state index in [1.165, 1.54) is 13.2 Å². The quantitative estimate of drug-likeness (QED) is 0.664. The summed E-state index contributed by atoms with van der Waals surface area (Å²) >= 11 is 3.35. The summed E-state index contributed by atoms with van der Waals surface area (Å²) in [6.45, 7) is 2.37. The Morgan fingerprint density at radius 1 is 1.53 bits per heavy atom. The number of methoxy groups -OCH3 is 1.